The summed E-state index contributed by atoms with van der Waals surface area (Å²) in [7, 11) is 0. The van der Waals surface area contributed by atoms with E-state index in [2.05, 4.69) is 28.5 Å². The van der Waals surface area contributed by atoms with Gasteiger partial charge >= 0.3 is 6.03 Å². The standard InChI is InChI=1S/C23H28N4O2/c1-2-4-22(28)26-12-10-19(14-26)17-6-8-21(9-7-17)25-23(29)27-15-20(16-27)18-5-3-11-24-13-18/h3,5-9,11,13,19-20H,2,4,10,12,14-16H2,1H3,(H,25,29). The van der Waals surface area contributed by atoms with Gasteiger partial charge in [-0.1, -0.05) is 25.1 Å². The maximum absolute atomic E-state index is 12.4. The first kappa shape index (κ1) is 19.4. The van der Waals surface area contributed by atoms with Crippen LogP contribution in [0.15, 0.2) is 48.8 Å². The molecule has 29 heavy (non-hydrogen) atoms. The summed E-state index contributed by atoms with van der Waals surface area (Å²) in [6, 6.07) is 12.0. The third-order valence-corrected chi connectivity index (χ3v) is 5.96. The van der Waals surface area contributed by atoms with Gasteiger partial charge in [0, 0.05) is 62.5 Å². The molecule has 1 N–H and O–H groups in total. The van der Waals surface area contributed by atoms with Gasteiger partial charge in [-0.25, -0.2) is 4.79 Å². The van der Waals surface area contributed by atoms with Gasteiger partial charge in [-0.05, 0) is 42.2 Å². The van der Waals surface area contributed by atoms with Crippen LogP contribution in [0.1, 0.15) is 49.1 Å². The summed E-state index contributed by atoms with van der Waals surface area (Å²) in [5.41, 5.74) is 3.22. The molecular weight excluding hydrogens is 364 g/mol. The molecule has 2 aliphatic rings. The molecule has 152 valence electrons. The van der Waals surface area contributed by atoms with E-state index in [1.807, 2.05) is 41.1 Å². The van der Waals surface area contributed by atoms with Crippen molar-refractivity contribution in [2.75, 3.05) is 31.5 Å². The van der Waals surface area contributed by atoms with Crippen LogP contribution in [-0.2, 0) is 4.79 Å². The Morgan fingerprint density at radius 1 is 1.03 bits per heavy atom. The molecule has 0 spiro atoms. The van der Waals surface area contributed by atoms with E-state index in [0.29, 0.717) is 18.3 Å². The number of carbonyl (C=O) groups is 2. The van der Waals surface area contributed by atoms with Gasteiger partial charge < -0.3 is 15.1 Å². The number of nitrogens with one attached hydrogen (secondary N) is 1. The summed E-state index contributed by atoms with van der Waals surface area (Å²) in [6.07, 6.45) is 6.18. The molecule has 0 radical (unpaired) electrons. The lowest BCUT2D eigenvalue weighted by molar-refractivity contribution is -0.130. The molecule has 1 aromatic heterocycles. The van der Waals surface area contributed by atoms with Gasteiger partial charge in [-0.3, -0.25) is 9.78 Å². The highest BCUT2D eigenvalue weighted by Crippen LogP contribution is 2.29. The monoisotopic (exact) mass is 392 g/mol. The minimum absolute atomic E-state index is 0.0601. The van der Waals surface area contributed by atoms with Crippen LogP contribution in [0.2, 0.25) is 0 Å². The van der Waals surface area contributed by atoms with Crippen molar-refractivity contribution in [1.82, 2.24) is 14.8 Å². The smallest absolute Gasteiger partial charge is 0.321 e. The van der Waals surface area contributed by atoms with Crippen molar-refractivity contribution in [3.63, 3.8) is 0 Å². The number of anilines is 1. The molecule has 2 saturated heterocycles. The second kappa shape index (κ2) is 8.64. The van der Waals surface area contributed by atoms with Crippen molar-refractivity contribution in [2.24, 2.45) is 0 Å². The number of urea groups is 1. The minimum atomic E-state index is -0.0601. The highest BCUT2D eigenvalue weighted by Gasteiger charge is 2.32. The van der Waals surface area contributed by atoms with E-state index in [4.69, 9.17) is 0 Å². The Bertz CT molecular complexity index is 847. The molecule has 0 bridgehead atoms. The van der Waals surface area contributed by atoms with Crippen molar-refractivity contribution in [3.8, 4) is 0 Å². The van der Waals surface area contributed by atoms with Gasteiger partial charge in [-0.15, -0.1) is 0 Å². The molecule has 2 aliphatic heterocycles. The second-order valence-electron chi connectivity index (χ2n) is 8.02. The van der Waals surface area contributed by atoms with Crippen LogP contribution in [-0.4, -0.2) is 52.9 Å². The molecule has 2 fully saturated rings. The number of likely N-dealkylation sites (tertiary alicyclic amines) is 2. The maximum atomic E-state index is 12.4. The molecule has 3 heterocycles. The van der Waals surface area contributed by atoms with Crippen LogP contribution in [0.3, 0.4) is 0 Å². The summed E-state index contributed by atoms with van der Waals surface area (Å²) in [5.74, 6) is 1.02. The van der Waals surface area contributed by atoms with Gasteiger partial charge in [0.25, 0.3) is 0 Å². The second-order valence-corrected chi connectivity index (χ2v) is 8.02. The summed E-state index contributed by atoms with van der Waals surface area (Å²) in [4.78, 5) is 32.5. The highest BCUT2D eigenvalue weighted by molar-refractivity contribution is 5.90. The molecule has 0 saturated carbocycles. The van der Waals surface area contributed by atoms with Crippen LogP contribution in [0.25, 0.3) is 0 Å². The lowest BCUT2D eigenvalue weighted by atomic mass is 9.93. The van der Waals surface area contributed by atoms with E-state index < -0.39 is 0 Å². The lowest BCUT2D eigenvalue weighted by Gasteiger charge is -2.39. The summed E-state index contributed by atoms with van der Waals surface area (Å²) in [6.45, 7) is 5.12. The fourth-order valence-corrected chi connectivity index (χ4v) is 4.14. The molecule has 4 rings (SSSR count). The third-order valence-electron chi connectivity index (χ3n) is 5.96. The molecule has 0 aliphatic carbocycles. The van der Waals surface area contributed by atoms with E-state index in [-0.39, 0.29) is 11.9 Å². The first-order valence-corrected chi connectivity index (χ1v) is 10.5. The van der Waals surface area contributed by atoms with Crippen molar-refractivity contribution >= 4 is 17.6 Å². The van der Waals surface area contributed by atoms with Crippen LogP contribution >= 0.6 is 0 Å². The number of nitrogens with zero attached hydrogens (tertiary/aromatic N) is 3. The number of carbonyl (C=O) groups excluding carboxylic acids is 2. The van der Waals surface area contributed by atoms with Gasteiger partial charge in [0.05, 0.1) is 0 Å². The van der Waals surface area contributed by atoms with E-state index in [0.717, 1.165) is 44.7 Å². The van der Waals surface area contributed by atoms with E-state index in [1.54, 1.807) is 6.20 Å². The number of hydrogen-bond acceptors (Lipinski definition) is 3. The molecule has 2 aromatic rings. The van der Waals surface area contributed by atoms with Gasteiger partial charge in [0.1, 0.15) is 0 Å². The minimum Gasteiger partial charge on any atom is -0.342 e. The van der Waals surface area contributed by atoms with Crippen LogP contribution in [0.5, 0.6) is 0 Å². The molecule has 1 aromatic carbocycles. The maximum Gasteiger partial charge on any atom is 0.321 e. The number of aromatic nitrogens is 1. The molecular formula is C23H28N4O2. The normalized spacial score (nSPS) is 19.1. The molecule has 1 atom stereocenters. The molecule has 6 heteroatoms. The number of benzene rings is 1. The SMILES string of the molecule is CCCC(=O)N1CCC(c2ccc(NC(=O)N3CC(c4cccnc4)C3)cc2)C1. The Morgan fingerprint density at radius 2 is 1.79 bits per heavy atom. The van der Waals surface area contributed by atoms with Crippen LogP contribution < -0.4 is 5.32 Å². The summed E-state index contributed by atoms with van der Waals surface area (Å²) in [5, 5.41) is 2.98. The molecule has 1 unspecified atom stereocenters. The number of amides is 3. The number of rotatable bonds is 5. The van der Waals surface area contributed by atoms with Gasteiger partial charge in [0.15, 0.2) is 0 Å². The highest BCUT2D eigenvalue weighted by atomic mass is 16.2. The molecule has 6 nitrogen and oxygen atoms in total. The van der Waals surface area contributed by atoms with Crippen molar-refractivity contribution < 1.29 is 9.59 Å². The van der Waals surface area contributed by atoms with Gasteiger partial charge in [-0.2, -0.15) is 0 Å². The van der Waals surface area contributed by atoms with Crippen LogP contribution in [0.4, 0.5) is 10.5 Å². The van der Waals surface area contributed by atoms with E-state index in [1.165, 1.54) is 11.1 Å². The first-order chi connectivity index (χ1) is 14.1. The Hall–Kier alpha value is -2.89. The van der Waals surface area contributed by atoms with Crippen molar-refractivity contribution in [3.05, 3.63) is 59.9 Å². The number of pyridine rings is 1. The zero-order chi connectivity index (χ0) is 20.2. The fraction of sp³-hybridized carbons (Fsp3) is 0.435. The van der Waals surface area contributed by atoms with E-state index >= 15 is 0 Å². The van der Waals surface area contributed by atoms with Gasteiger partial charge in [0.2, 0.25) is 5.91 Å². The largest absolute Gasteiger partial charge is 0.342 e. The van der Waals surface area contributed by atoms with Crippen molar-refractivity contribution in [2.45, 2.75) is 38.0 Å². The zero-order valence-corrected chi connectivity index (χ0v) is 16.9. The Balaban J connectivity index is 1.27. The first-order valence-electron chi connectivity index (χ1n) is 10.5. The number of hydrogen-bond donors (Lipinski definition) is 1. The van der Waals surface area contributed by atoms with Crippen LogP contribution in [0, 0.1) is 0 Å². The topological polar surface area (TPSA) is 65.5 Å². The Labute approximate surface area is 171 Å². The summed E-state index contributed by atoms with van der Waals surface area (Å²) < 4.78 is 0. The Morgan fingerprint density at radius 3 is 2.48 bits per heavy atom. The summed E-state index contributed by atoms with van der Waals surface area (Å²) >= 11 is 0. The van der Waals surface area contributed by atoms with Crippen molar-refractivity contribution in [1.29, 1.82) is 0 Å². The average molecular weight is 393 g/mol. The molecule has 3 amide bonds. The van der Waals surface area contributed by atoms with E-state index in [9.17, 15) is 9.59 Å². The Kier molecular flexibility index (Phi) is 5.79. The quantitative estimate of drug-likeness (QED) is 0.841. The zero-order valence-electron chi connectivity index (χ0n) is 16.9. The predicted molar refractivity (Wildman–Crippen MR) is 113 cm³/mol. The fourth-order valence-electron chi connectivity index (χ4n) is 4.14. The average Bonchev–Trinajstić information content (AvgIpc) is 3.19. The third kappa shape index (κ3) is 4.42. The lowest BCUT2D eigenvalue weighted by Crippen LogP contribution is -2.50. The predicted octanol–water partition coefficient (Wildman–Crippen LogP) is 3.83.